The second-order valence-corrected chi connectivity index (χ2v) is 8.39. The number of amides is 3. The zero-order valence-electron chi connectivity index (χ0n) is 17.6. The van der Waals surface area contributed by atoms with Crippen molar-refractivity contribution in [3.05, 3.63) is 58.4 Å². The van der Waals surface area contributed by atoms with E-state index in [4.69, 9.17) is 10.5 Å². The van der Waals surface area contributed by atoms with Crippen molar-refractivity contribution in [3.8, 4) is 17.0 Å². The lowest BCUT2D eigenvalue weighted by Crippen LogP contribution is -2.48. The molecule has 2 heterocycles. The number of aryl methyl sites for hydroxylation is 1. The molecule has 2 aromatic carbocycles. The van der Waals surface area contributed by atoms with Crippen molar-refractivity contribution >= 4 is 40.4 Å². The molecule has 32 heavy (non-hydrogen) atoms. The molecule has 0 spiro atoms. The van der Waals surface area contributed by atoms with E-state index < -0.39 is 17.9 Å². The average Bonchev–Trinajstić information content (AvgIpc) is 3.21. The van der Waals surface area contributed by atoms with Gasteiger partial charge in [-0.2, -0.15) is 0 Å². The van der Waals surface area contributed by atoms with E-state index in [0.29, 0.717) is 23.5 Å². The van der Waals surface area contributed by atoms with Crippen LogP contribution in [0.15, 0.2) is 47.8 Å². The average molecular weight is 451 g/mol. The van der Waals surface area contributed by atoms with Gasteiger partial charge >= 0.3 is 0 Å². The van der Waals surface area contributed by atoms with Crippen molar-refractivity contribution < 1.29 is 19.1 Å². The number of nitrogens with one attached hydrogen (secondary N) is 1. The molecule has 1 atom stereocenters. The highest BCUT2D eigenvalue weighted by atomic mass is 32.1. The van der Waals surface area contributed by atoms with E-state index >= 15 is 0 Å². The third-order valence-corrected chi connectivity index (χ3v) is 5.89. The van der Waals surface area contributed by atoms with Gasteiger partial charge in [0, 0.05) is 10.9 Å². The fourth-order valence-electron chi connectivity index (χ4n) is 3.54. The Morgan fingerprint density at radius 1 is 1.25 bits per heavy atom. The van der Waals surface area contributed by atoms with E-state index in [1.165, 1.54) is 22.3 Å². The van der Waals surface area contributed by atoms with E-state index in [-0.39, 0.29) is 18.0 Å². The highest BCUT2D eigenvalue weighted by molar-refractivity contribution is 7.09. The lowest BCUT2D eigenvalue weighted by atomic mass is 10.1. The minimum atomic E-state index is -0.680. The second kappa shape index (κ2) is 8.80. The number of aromatic nitrogens is 1. The zero-order valence-corrected chi connectivity index (χ0v) is 18.4. The molecule has 0 radical (unpaired) electrons. The highest BCUT2D eigenvalue weighted by Crippen LogP contribution is 2.38. The van der Waals surface area contributed by atoms with Crippen molar-refractivity contribution in [2.45, 2.75) is 26.4 Å². The Kier molecular flexibility index (Phi) is 5.91. The zero-order chi connectivity index (χ0) is 22.8. The number of primary amides is 1. The van der Waals surface area contributed by atoms with Gasteiger partial charge in [0.15, 0.2) is 6.10 Å². The number of benzene rings is 2. The van der Waals surface area contributed by atoms with Gasteiger partial charge in [-0.05, 0) is 43.7 Å². The van der Waals surface area contributed by atoms with Crippen LogP contribution < -0.4 is 20.7 Å². The van der Waals surface area contributed by atoms with Crippen LogP contribution in [0.3, 0.4) is 0 Å². The van der Waals surface area contributed by atoms with E-state index in [2.05, 4.69) is 10.3 Å². The van der Waals surface area contributed by atoms with Gasteiger partial charge in [0.2, 0.25) is 5.91 Å². The minimum Gasteiger partial charge on any atom is -0.478 e. The van der Waals surface area contributed by atoms with Crippen molar-refractivity contribution in [2.24, 2.45) is 5.73 Å². The summed E-state index contributed by atoms with van der Waals surface area (Å²) in [6.07, 6.45) is -0.214. The molecule has 3 N–H and O–H groups in total. The third-order valence-electron chi connectivity index (χ3n) is 5.11. The molecule has 0 saturated heterocycles. The Hall–Kier alpha value is -3.72. The minimum absolute atomic E-state index is 0.196. The van der Waals surface area contributed by atoms with Gasteiger partial charge in [0.1, 0.15) is 12.3 Å². The van der Waals surface area contributed by atoms with E-state index in [9.17, 15) is 14.4 Å². The highest BCUT2D eigenvalue weighted by Gasteiger charge is 2.35. The first-order valence-electron chi connectivity index (χ1n) is 10.1. The summed E-state index contributed by atoms with van der Waals surface area (Å²) < 4.78 is 5.87. The van der Waals surface area contributed by atoms with Gasteiger partial charge < -0.3 is 15.8 Å². The Morgan fingerprint density at radius 3 is 2.72 bits per heavy atom. The number of ether oxygens (including phenoxy) is 1. The fraction of sp³-hybridized carbons (Fsp3) is 0.217. The topological polar surface area (TPSA) is 115 Å². The van der Waals surface area contributed by atoms with E-state index in [0.717, 1.165) is 16.3 Å². The first-order valence-corrected chi connectivity index (χ1v) is 11.0. The predicted octanol–water partition coefficient (Wildman–Crippen LogP) is 3.36. The molecular formula is C23H22N4O4S. The maximum absolute atomic E-state index is 13.1. The van der Waals surface area contributed by atoms with Crippen LogP contribution >= 0.6 is 11.3 Å². The molecule has 9 heteroatoms. The normalized spacial score (nSPS) is 15.1. The van der Waals surface area contributed by atoms with Gasteiger partial charge in [-0.1, -0.05) is 19.1 Å². The first kappa shape index (κ1) is 21.5. The molecule has 0 fully saturated rings. The van der Waals surface area contributed by atoms with E-state index in [1.54, 1.807) is 30.3 Å². The Bertz CT molecular complexity index is 1210. The third kappa shape index (κ3) is 4.19. The summed E-state index contributed by atoms with van der Waals surface area (Å²) in [5.74, 6) is -0.880. The number of carbonyl (C=O) groups excluding carboxylic acids is 3. The number of hydrogen-bond donors (Lipinski definition) is 2. The van der Waals surface area contributed by atoms with Crippen LogP contribution in [0.2, 0.25) is 0 Å². The summed E-state index contributed by atoms with van der Waals surface area (Å²) in [5, 5.41) is 5.56. The number of anilines is 2. The molecule has 0 bridgehead atoms. The number of hydrogen-bond acceptors (Lipinski definition) is 6. The van der Waals surface area contributed by atoms with Crippen LogP contribution in [-0.4, -0.2) is 35.4 Å². The van der Waals surface area contributed by atoms with Gasteiger partial charge in [0.25, 0.3) is 11.8 Å². The summed E-state index contributed by atoms with van der Waals surface area (Å²) in [4.78, 5) is 43.5. The molecule has 1 aliphatic heterocycles. The monoisotopic (exact) mass is 450 g/mol. The Labute approximate surface area is 189 Å². The SMILES string of the molecule is CCC1Oc2ccc(-c3csc(C)n3)cc2N(CC(=O)Nc2ccccc2C(N)=O)C1=O. The molecule has 3 aromatic rings. The number of rotatable bonds is 6. The summed E-state index contributed by atoms with van der Waals surface area (Å²) in [6, 6.07) is 11.9. The predicted molar refractivity (Wildman–Crippen MR) is 123 cm³/mol. The van der Waals surface area contributed by atoms with Gasteiger partial charge in [-0.15, -0.1) is 11.3 Å². The summed E-state index contributed by atoms with van der Waals surface area (Å²) in [5.41, 5.74) is 8.00. The van der Waals surface area contributed by atoms with Gasteiger partial charge in [-0.3, -0.25) is 19.3 Å². The number of carbonyl (C=O) groups is 3. The molecule has 4 rings (SSSR count). The first-order chi connectivity index (χ1) is 15.4. The fourth-order valence-corrected chi connectivity index (χ4v) is 4.16. The number of fused-ring (bicyclic) bond motifs is 1. The second-order valence-electron chi connectivity index (χ2n) is 7.33. The number of nitrogens with zero attached hydrogens (tertiary/aromatic N) is 2. The van der Waals surface area contributed by atoms with Crippen LogP contribution in [0, 0.1) is 6.92 Å². The maximum Gasteiger partial charge on any atom is 0.268 e. The van der Waals surface area contributed by atoms with Crippen LogP contribution in [0.1, 0.15) is 28.7 Å². The van der Waals surface area contributed by atoms with E-state index in [1.807, 2.05) is 25.3 Å². The number of nitrogens with two attached hydrogens (primary N) is 1. The van der Waals surface area contributed by atoms with Crippen molar-refractivity contribution in [3.63, 3.8) is 0 Å². The van der Waals surface area contributed by atoms with Gasteiger partial charge in [0.05, 0.1) is 27.6 Å². The molecule has 0 aliphatic carbocycles. The molecule has 1 aliphatic rings. The standard InChI is InChI=1S/C23H22N4O4S/c1-3-19-23(30)27(11-21(28)26-16-7-5-4-6-15(16)22(24)29)18-10-14(8-9-20(18)31-19)17-12-32-13(2)25-17/h4-10,12,19H,3,11H2,1-2H3,(H2,24,29)(H,26,28). The van der Waals surface area contributed by atoms with Crippen LogP contribution in [0.5, 0.6) is 5.75 Å². The van der Waals surface area contributed by atoms with Gasteiger partial charge in [-0.25, -0.2) is 4.98 Å². The number of para-hydroxylation sites is 1. The van der Waals surface area contributed by atoms with Crippen LogP contribution in [-0.2, 0) is 9.59 Å². The summed E-state index contributed by atoms with van der Waals surface area (Å²) in [6.45, 7) is 3.53. The lowest BCUT2D eigenvalue weighted by molar-refractivity contribution is -0.128. The number of thiazole rings is 1. The van der Waals surface area contributed by atoms with Crippen LogP contribution in [0.25, 0.3) is 11.3 Å². The maximum atomic E-state index is 13.1. The Balaban J connectivity index is 1.65. The largest absolute Gasteiger partial charge is 0.478 e. The summed E-state index contributed by atoms with van der Waals surface area (Å²) >= 11 is 1.53. The molecule has 0 saturated carbocycles. The molecule has 1 aromatic heterocycles. The van der Waals surface area contributed by atoms with Crippen molar-refractivity contribution in [2.75, 3.05) is 16.8 Å². The lowest BCUT2D eigenvalue weighted by Gasteiger charge is -2.34. The molecule has 8 nitrogen and oxygen atoms in total. The Morgan fingerprint density at radius 2 is 2.03 bits per heavy atom. The van der Waals surface area contributed by atoms with Crippen molar-refractivity contribution in [1.82, 2.24) is 4.98 Å². The molecule has 3 amide bonds. The quantitative estimate of drug-likeness (QED) is 0.598. The molecule has 1 unspecified atom stereocenters. The molecule has 164 valence electrons. The molecular weight excluding hydrogens is 428 g/mol. The van der Waals surface area contributed by atoms with Crippen molar-refractivity contribution in [1.29, 1.82) is 0 Å². The van der Waals surface area contributed by atoms with Crippen LogP contribution in [0.4, 0.5) is 11.4 Å². The summed E-state index contributed by atoms with van der Waals surface area (Å²) in [7, 11) is 0. The smallest absolute Gasteiger partial charge is 0.268 e.